The Kier molecular flexibility index (Phi) is 4.02. The summed E-state index contributed by atoms with van der Waals surface area (Å²) >= 11 is 0. The molecule has 3 aromatic rings. The summed E-state index contributed by atoms with van der Waals surface area (Å²) in [6.45, 7) is 2.89. The van der Waals surface area contributed by atoms with Gasteiger partial charge in [-0.1, -0.05) is 0 Å². The summed E-state index contributed by atoms with van der Waals surface area (Å²) < 4.78 is 15.7. The van der Waals surface area contributed by atoms with E-state index in [1.54, 1.807) is 18.5 Å². The zero-order valence-corrected chi connectivity index (χ0v) is 13.8. The molecular weight excluding hydrogens is 303 g/mol. The predicted octanol–water partition coefficient (Wildman–Crippen LogP) is 3.49. The summed E-state index contributed by atoms with van der Waals surface area (Å²) in [6.07, 6.45) is 9.79. The minimum atomic E-state index is -0.175. The molecular formula is C19H21FN4. The number of aryl methyl sites for hydroxylation is 1. The van der Waals surface area contributed by atoms with Crippen molar-refractivity contribution in [3.63, 3.8) is 0 Å². The van der Waals surface area contributed by atoms with Crippen LogP contribution in [0.25, 0.3) is 10.9 Å². The fraction of sp³-hybridized carbons (Fsp3) is 0.368. The van der Waals surface area contributed by atoms with Gasteiger partial charge in [0.2, 0.25) is 0 Å². The molecule has 1 aromatic carbocycles. The Labute approximate surface area is 141 Å². The maximum atomic E-state index is 13.6. The van der Waals surface area contributed by atoms with Crippen LogP contribution in [0, 0.1) is 5.82 Å². The van der Waals surface area contributed by atoms with Gasteiger partial charge in [0.25, 0.3) is 0 Å². The highest BCUT2D eigenvalue weighted by molar-refractivity contribution is 5.84. The van der Waals surface area contributed by atoms with Crippen molar-refractivity contribution in [1.82, 2.24) is 19.4 Å². The first-order chi connectivity index (χ1) is 11.7. The van der Waals surface area contributed by atoms with Crippen LogP contribution in [0.2, 0.25) is 0 Å². The topological polar surface area (TPSA) is 34.0 Å². The van der Waals surface area contributed by atoms with Crippen molar-refractivity contribution in [2.24, 2.45) is 7.05 Å². The Morgan fingerprint density at radius 1 is 1.29 bits per heavy atom. The fourth-order valence-electron chi connectivity index (χ4n) is 3.77. The van der Waals surface area contributed by atoms with Crippen LogP contribution in [0.5, 0.6) is 0 Å². The van der Waals surface area contributed by atoms with Crippen molar-refractivity contribution < 1.29 is 4.39 Å². The molecule has 1 aliphatic heterocycles. The quantitative estimate of drug-likeness (QED) is 0.739. The van der Waals surface area contributed by atoms with Gasteiger partial charge in [-0.15, -0.1) is 0 Å². The van der Waals surface area contributed by atoms with E-state index in [0.717, 1.165) is 49.1 Å². The van der Waals surface area contributed by atoms with Crippen LogP contribution < -0.4 is 0 Å². The Hall–Kier alpha value is -2.27. The van der Waals surface area contributed by atoms with E-state index in [0.29, 0.717) is 5.92 Å². The molecule has 1 aliphatic rings. The lowest BCUT2D eigenvalue weighted by atomic mass is 9.94. The van der Waals surface area contributed by atoms with Crippen molar-refractivity contribution in [2.45, 2.75) is 25.3 Å². The molecule has 1 saturated heterocycles. The average Bonchev–Trinajstić information content (AvgIpc) is 2.91. The second-order valence-electron chi connectivity index (χ2n) is 6.63. The van der Waals surface area contributed by atoms with Gasteiger partial charge in [-0.05, 0) is 43.1 Å². The van der Waals surface area contributed by atoms with E-state index >= 15 is 0 Å². The normalized spacial score (nSPS) is 19.0. The number of benzene rings is 1. The number of hydrogen-bond donors (Lipinski definition) is 0. The van der Waals surface area contributed by atoms with Gasteiger partial charge in [-0.25, -0.2) is 4.39 Å². The van der Waals surface area contributed by atoms with Gasteiger partial charge in [0, 0.05) is 61.7 Å². The first kappa shape index (κ1) is 15.3. The van der Waals surface area contributed by atoms with Crippen molar-refractivity contribution in [3.05, 3.63) is 60.1 Å². The summed E-state index contributed by atoms with van der Waals surface area (Å²) in [5.41, 5.74) is 3.34. The van der Waals surface area contributed by atoms with Crippen LogP contribution in [0.15, 0.2) is 43.0 Å². The summed E-state index contributed by atoms with van der Waals surface area (Å²) in [5, 5.41) is 1.01. The van der Waals surface area contributed by atoms with Crippen LogP contribution in [-0.4, -0.2) is 32.5 Å². The second kappa shape index (κ2) is 6.32. The van der Waals surface area contributed by atoms with E-state index < -0.39 is 0 Å². The molecule has 0 spiro atoms. The second-order valence-corrected chi connectivity index (χ2v) is 6.63. The largest absolute Gasteiger partial charge is 0.350 e. The van der Waals surface area contributed by atoms with Gasteiger partial charge >= 0.3 is 0 Å². The number of likely N-dealkylation sites (tertiary alicyclic amines) is 1. The van der Waals surface area contributed by atoms with Crippen LogP contribution >= 0.6 is 0 Å². The molecule has 0 radical (unpaired) electrons. The number of nitrogens with zero attached hydrogens (tertiary/aromatic N) is 4. The standard InChI is InChI=1S/C19H21FN4/c1-23-11-15(17-9-16(20)4-5-19(17)23)13-24-8-2-3-14(12-24)18-10-21-6-7-22-18/h4-7,9-11,14H,2-3,8,12-13H2,1H3. The SMILES string of the molecule is Cn1cc(CN2CCCC(c3cnccn3)C2)c2cc(F)ccc21. The van der Waals surface area contributed by atoms with Crippen molar-refractivity contribution in [3.8, 4) is 0 Å². The Bertz CT molecular complexity index is 843. The average molecular weight is 324 g/mol. The summed E-state index contributed by atoms with van der Waals surface area (Å²) in [5.74, 6) is 0.255. The number of piperidine rings is 1. The third-order valence-corrected chi connectivity index (χ3v) is 4.93. The summed E-state index contributed by atoms with van der Waals surface area (Å²) in [4.78, 5) is 11.1. The van der Waals surface area contributed by atoms with Gasteiger partial charge in [-0.3, -0.25) is 14.9 Å². The van der Waals surface area contributed by atoms with Gasteiger partial charge in [-0.2, -0.15) is 0 Å². The fourth-order valence-corrected chi connectivity index (χ4v) is 3.77. The van der Waals surface area contributed by atoms with Gasteiger partial charge in [0.05, 0.1) is 5.69 Å². The first-order valence-electron chi connectivity index (χ1n) is 8.42. The van der Waals surface area contributed by atoms with Crippen LogP contribution in [0.1, 0.15) is 30.0 Å². The molecule has 0 saturated carbocycles. The summed E-state index contributed by atoms with van der Waals surface area (Å²) in [7, 11) is 2.02. The highest BCUT2D eigenvalue weighted by atomic mass is 19.1. The summed E-state index contributed by atoms with van der Waals surface area (Å²) in [6, 6.07) is 5.03. The molecule has 3 heterocycles. The monoisotopic (exact) mass is 324 g/mol. The molecule has 0 aliphatic carbocycles. The maximum absolute atomic E-state index is 13.6. The van der Waals surface area contributed by atoms with E-state index in [4.69, 9.17) is 0 Å². The molecule has 1 atom stereocenters. The highest BCUT2D eigenvalue weighted by Crippen LogP contribution is 2.28. The third kappa shape index (κ3) is 2.91. The van der Waals surface area contributed by atoms with Crippen LogP contribution in [0.4, 0.5) is 4.39 Å². The molecule has 124 valence electrons. The van der Waals surface area contributed by atoms with Gasteiger partial charge in [0.1, 0.15) is 5.82 Å². The van der Waals surface area contributed by atoms with Crippen LogP contribution in [-0.2, 0) is 13.6 Å². The molecule has 4 nitrogen and oxygen atoms in total. The van der Waals surface area contributed by atoms with E-state index in [1.165, 1.54) is 11.6 Å². The molecule has 24 heavy (non-hydrogen) atoms. The van der Waals surface area contributed by atoms with E-state index in [-0.39, 0.29) is 5.82 Å². The van der Waals surface area contributed by atoms with E-state index in [2.05, 4.69) is 25.6 Å². The number of halogens is 1. The Balaban J connectivity index is 1.56. The predicted molar refractivity (Wildman–Crippen MR) is 92.2 cm³/mol. The third-order valence-electron chi connectivity index (χ3n) is 4.93. The Morgan fingerprint density at radius 3 is 3.04 bits per heavy atom. The molecule has 0 N–H and O–H groups in total. The van der Waals surface area contributed by atoms with Crippen molar-refractivity contribution >= 4 is 10.9 Å². The molecule has 1 unspecified atom stereocenters. The Morgan fingerprint density at radius 2 is 2.21 bits per heavy atom. The molecule has 5 heteroatoms. The van der Waals surface area contributed by atoms with E-state index in [9.17, 15) is 4.39 Å². The van der Waals surface area contributed by atoms with Crippen LogP contribution in [0.3, 0.4) is 0 Å². The lowest BCUT2D eigenvalue weighted by Crippen LogP contribution is -2.34. The molecule has 1 fully saturated rings. The molecule has 4 rings (SSSR count). The number of aromatic nitrogens is 3. The van der Waals surface area contributed by atoms with Crippen molar-refractivity contribution in [1.29, 1.82) is 0 Å². The maximum Gasteiger partial charge on any atom is 0.123 e. The number of hydrogen-bond acceptors (Lipinski definition) is 3. The van der Waals surface area contributed by atoms with Gasteiger partial charge in [0.15, 0.2) is 0 Å². The number of fused-ring (bicyclic) bond motifs is 1. The molecule has 0 bridgehead atoms. The highest BCUT2D eigenvalue weighted by Gasteiger charge is 2.23. The number of rotatable bonds is 3. The zero-order chi connectivity index (χ0) is 16.5. The smallest absolute Gasteiger partial charge is 0.123 e. The van der Waals surface area contributed by atoms with Crippen molar-refractivity contribution in [2.75, 3.05) is 13.1 Å². The lowest BCUT2D eigenvalue weighted by Gasteiger charge is -2.32. The molecule has 0 amide bonds. The zero-order valence-electron chi connectivity index (χ0n) is 13.8. The first-order valence-corrected chi connectivity index (χ1v) is 8.42. The van der Waals surface area contributed by atoms with E-state index in [1.807, 2.05) is 19.3 Å². The van der Waals surface area contributed by atoms with Gasteiger partial charge < -0.3 is 4.57 Å². The lowest BCUT2D eigenvalue weighted by molar-refractivity contribution is 0.199. The minimum Gasteiger partial charge on any atom is -0.350 e. The molecule has 2 aromatic heterocycles. The minimum absolute atomic E-state index is 0.175.